The number of nitrogens with one attached hydrogen (secondary N) is 1. The molecule has 1 amide bonds. The summed E-state index contributed by atoms with van der Waals surface area (Å²) < 4.78 is 10.3. The molecule has 0 bridgehead atoms. The van der Waals surface area contributed by atoms with Crippen LogP contribution < -0.4 is 10.2 Å². The highest BCUT2D eigenvalue weighted by atomic mass is 16.7. The second kappa shape index (κ2) is 8.48. The van der Waals surface area contributed by atoms with Gasteiger partial charge in [0.2, 0.25) is 0 Å². The van der Waals surface area contributed by atoms with Crippen LogP contribution in [-0.2, 0) is 11.2 Å². The van der Waals surface area contributed by atoms with Gasteiger partial charge in [0.25, 0.3) is 5.91 Å². The first kappa shape index (κ1) is 18.7. The van der Waals surface area contributed by atoms with Crippen LogP contribution in [0.2, 0.25) is 0 Å². The summed E-state index contributed by atoms with van der Waals surface area (Å²) in [5.41, 5.74) is 5.56. The quantitative estimate of drug-likeness (QED) is 0.468. The Bertz CT molecular complexity index is 741. The van der Waals surface area contributed by atoms with Crippen LogP contribution in [0.15, 0.2) is 24.3 Å². The largest absolute Gasteiger partial charge is 0.513 e. The second-order valence-electron chi connectivity index (χ2n) is 5.71. The zero-order chi connectivity index (χ0) is 18.4. The third-order valence-electron chi connectivity index (χ3n) is 4.10. The molecule has 0 saturated heterocycles. The number of carbonyl (C=O) groups is 2. The third kappa shape index (κ3) is 4.09. The lowest BCUT2D eigenvalue weighted by Gasteiger charge is -2.05. The molecule has 2 N–H and O–H groups in total. The highest BCUT2D eigenvalue weighted by Gasteiger charge is 2.23. The maximum atomic E-state index is 11.8. The van der Waals surface area contributed by atoms with Crippen molar-refractivity contribution in [1.29, 1.82) is 0 Å². The summed E-state index contributed by atoms with van der Waals surface area (Å²) >= 11 is 0. The number of amides is 1. The first-order valence-electron chi connectivity index (χ1n) is 8.37. The van der Waals surface area contributed by atoms with Crippen molar-refractivity contribution in [1.82, 2.24) is 5.48 Å². The molecule has 6 nitrogen and oxygen atoms in total. The van der Waals surface area contributed by atoms with Crippen LogP contribution in [0, 0.1) is 6.92 Å². The molecule has 0 saturated carbocycles. The molecule has 0 aromatic heterocycles. The van der Waals surface area contributed by atoms with Crippen molar-refractivity contribution in [2.24, 2.45) is 0 Å². The monoisotopic (exact) mass is 345 g/mol. The zero-order valence-electron chi connectivity index (χ0n) is 14.7. The molecular formula is C19H23NO5. The Morgan fingerprint density at radius 2 is 1.80 bits per heavy atom. The normalized spacial score (nSPS) is 10.6. The van der Waals surface area contributed by atoms with Gasteiger partial charge in [0.15, 0.2) is 0 Å². The van der Waals surface area contributed by atoms with E-state index in [0.29, 0.717) is 11.3 Å². The molecule has 0 radical (unpaired) electrons. The van der Waals surface area contributed by atoms with Crippen LogP contribution in [0.5, 0.6) is 5.75 Å². The van der Waals surface area contributed by atoms with E-state index in [0.717, 1.165) is 41.5 Å². The van der Waals surface area contributed by atoms with Crippen LogP contribution in [-0.4, -0.2) is 23.9 Å². The van der Waals surface area contributed by atoms with Crippen LogP contribution >= 0.6 is 0 Å². The lowest BCUT2D eigenvalue weighted by atomic mass is 10.0. The molecule has 6 heteroatoms. The Labute approximate surface area is 147 Å². The van der Waals surface area contributed by atoms with Gasteiger partial charge >= 0.3 is 6.16 Å². The minimum absolute atomic E-state index is 0.230. The molecule has 0 atom stereocenters. The summed E-state index contributed by atoms with van der Waals surface area (Å²) in [5.74, 6) is -0.150. The summed E-state index contributed by atoms with van der Waals surface area (Å²) in [4.78, 5) is 23.4. The third-order valence-corrected chi connectivity index (χ3v) is 4.10. The highest BCUT2D eigenvalue weighted by molar-refractivity contribution is 5.94. The molecule has 0 unspecified atom stereocenters. The smallest absolute Gasteiger partial charge is 0.434 e. The van der Waals surface area contributed by atoms with Gasteiger partial charge in [-0.3, -0.25) is 10.0 Å². The second-order valence-corrected chi connectivity index (χ2v) is 5.71. The van der Waals surface area contributed by atoms with Gasteiger partial charge in [-0.15, -0.1) is 0 Å². The van der Waals surface area contributed by atoms with Crippen LogP contribution in [0.4, 0.5) is 4.79 Å². The molecular weight excluding hydrogens is 322 g/mol. The Morgan fingerprint density at radius 3 is 2.40 bits per heavy atom. The molecule has 2 rings (SSSR count). The average molecular weight is 345 g/mol. The number of hydrogen-bond acceptors (Lipinski definition) is 5. The summed E-state index contributed by atoms with van der Waals surface area (Å²) in [5, 5.41) is 8.82. The number of unbranched alkanes of at least 4 members (excludes halogenated alkanes) is 1. The van der Waals surface area contributed by atoms with E-state index in [1.165, 1.54) is 0 Å². The standard InChI is InChI=1S/C19H23NO5/c1-4-6-7-14-12(3)17(25-19(22)24-5-2)16-11-9-13(18(21)20-23)8-10-15(14)16/h8-11,23H,4-7H2,1-3H3,(H,20,21). The van der Waals surface area contributed by atoms with Crippen molar-refractivity contribution in [3.8, 4) is 16.9 Å². The molecule has 0 spiro atoms. The van der Waals surface area contributed by atoms with Crippen molar-refractivity contribution in [2.75, 3.05) is 6.61 Å². The Kier molecular flexibility index (Phi) is 6.36. The van der Waals surface area contributed by atoms with Gasteiger partial charge in [-0.25, -0.2) is 10.3 Å². The van der Waals surface area contributed by atoms with E-state index in [1.807, 2.05) is 13.0 Å². The predicted molar refractivity (Wildman–Crippen MR) is 93.3 cm³/mol. The summed E-state index contributed by atoms with van der Waals surface area (Å²) in [6.07, 6.45) is 2.13. The minimum atomic E-state index is -0.751. The molecule has 0 aromatic rings. The molecule has 2 aliphatic rings. The van der Waals surface area contributed by atoms with Gasteiger partial charge in [-0.05, 0) is 61.6 Å². The first-order valence-corrected chi connectivity index (χ1v) is 8.37. The molecule has 0 heterocycles. The van der Waals surface area contributed by atoms with E-state index in [-0.39, 0.29) is 6.61 Å². The fourth-order valence-electron chi connectivity index (χ4n) is 2.84. The zero-order valence-corrected chi connectivity index (χ0v) is 14.7. The van der Waals surface area contributed by atoms with Gasteiger partial charge in [-0.1, -0.05) is 19.4 Å². The van der Waals surface area contributed by atoms with E-state index >= 15 is 0 Å². The van der Waals surface area contributed by atoms with Gasteiger partial charge in [-0.2, -0.15) is 0 Å². The van der Waals surface area contributed by atoms with Crippen LogP contribution in [0.1, 0.15) is 48.2 Å². The number of carbonyl (C=O) groups excluding carboxylic acids is 2. The van der Waals surface area contributed by atoms with Crippen molar-refractivity contribution in [3.63, 3.8) is 0 Å². The number of rotatable bonds is 6. The van der Waals surface area contributed by atoms with Crippen molar-refractivity contribution >= 4 is 12.1 Å². The molecule has 2 aliphatic carbocycles. The summed E-state index contributed by atoms with van der Waals surface area (Å²) in [7, 11) is 0. The van der Waals surface area contributed by atoms with Crippen molar-refractivity contribution in [2.45, 2.75) is 40.0 Å². The van der Waals surface area contributed by atoms with E-state index in [9.17, 15) is 9.59 Å². The van der Waals surface area contributed by atoms with Gasteiger partial charge in [0, 0.05) is 11.1 Å². The Hall–Kier alpha value is -2.60. The maximum absolute atomic E-state index is 11.8. The molecule has 134 valence electrons. The fourth-order valence-corrected chi connectivity index (χ4v) is 2.84. The lowest BCUT2D eigenvalue weighted by molar-refractivity contribution is 0.0706. The van der Waals surface area contributed by atoms with Crippen LogP contribution in [0.25, 0.3) is 11.1 Å². The van der Waals surface area contributed by atoms with Crippen molar-refractivity contribution < 1.29 is 24.3 Å². The van der Waals surface area contributed by atoms with E-state index in [2.05, 4.69) is 6.92 Å². The van der Waals surface area contributed by atoms with Gasteiger partial charge in [0.05, 0.1) is 6.61 Å². The number of hydrogen-bond donors (Lipinski definition) is 2. The predicted octanol–water partition coefficient (Wildman–Crippen LogP) is 4.10. The lowest BCUT2D eigenvalue weighted by Crippen LogP contribution is -2.17. The van der Waals surface area contributed by atoms with Crippen molar-refractivity contribution in [3.05, 3.63) is 41.0 Å². The molecule has 0 aromatic carbocycles. The van der Waals surface area contributed by atoms with E-state index < -0.39 is 12.1 Å². The molecule has 0 aliphatic heterocycles. The summed E-state index contributed by atoms with van der Waals surface area (Å²) in [6, 6.07) is 6.75. The Morgan fingerprint density at radius 1 is 1.12 bits per heavy atom. The fraction of sp³-hybridized carbons (Fsp3) is 0.368. The minimum Gasteiger partial charge on any atom is -0.434 e. The highest BCUT2D eigenvalue weighted by Crippen LogP contribution is 2.43. The number of hydroxylamine groups is 1. The van der Waals surface area contributed by atoms with Crippen LogP contribution in [0.3, 0.4) is 0 Å². The molecule has 0 fully saturated rings. The summed E-state index contributed by atoms with van der Waals surface area (Å²) in [6.45, 7) is 5.97. The maximum Gasteiger partial charge on any atom is 0.513 e. The number of ether oxygens (including phenoxy) is 2. The SMILES string of the molecule is CCCCc1c2ccc(C(=O)NO)ccc-2c(OC(=O)OCC)c1C. The first-order chi connectivity index (χ1) is 12.0. The Balaban J connectivity index is 2.56. The topological polar surface area (TPSA) is 84.9 Å². The average Bonchev–Trinajstić information content (AvgIpc) is 2.75. The van der Waals surface area contributed by atoms with Gasteiger partial charge < -0.3 is 9.47 Å². The van der Waals surface area contributed by atoms with Gasteiger partial charge in [0.1, 0.15) is 5.75 Å². The van der Waals surface area contributed by atoms with E-state index in [1.54, 1.807) is 30.6 Å². The van der Waals surface area contributed by atoms with E-state index in [4.69, 9.17) is 14.7 Å². The number of fused-ring (bicyclic) bond motifs is 1. The molecule has 25 heavy (non-hydrogen) atoms.